The molecule has 2 rings (SSSR count). The number of carboxylic acids is 1. The van der Waals surface area contributed by atoms with E-state index in [0.29, 0.717) is 18.1 Å². The average molecular weight is 286 g/mol. The molecule has 2 N–H and O–H groups in total. The normalized spacial score (nSPS) is 11.4. The topological polar surface area (TPSA) is 87.7 Å². The molecule has 21 heavy (non-hydrogen) atoms. The Morgan fingerprint density at radius 3 is 2.43 bits per heavy atom. The van der Waals surface area contributed by atoms with E-state index in [9.17, 15) is 9.59 Å². The lowest BCUT2D eigenvalue weighted by molar-refractivity contribution is -0.135. The van der Waals surface area contributed by atoms with E-state index in [1.54, 1.807) is 6.07 Å². The van der Waals surface area contributed by atoms with Crippen molar-refractivity contribution in [2.24, 2.45) is 0 Å². The van der Waals surface area contributed by atoms with Crippen LogP contribution in [0.3, 0.4) is 0 Å². The molecule has 0 aliphatic rings. The molecule has 108 valence electrons. The molecular weight excluding hydrogens is 272 g/mol. The number of furan rings is 1. The molecular formula is C16H14O5. The second-order valence-electron chi connectivity index (χ2n) is 4.64. The minimum atomic E-state index is -1.56. The van der Waals surface area contributed by atoms with Crippen LogP contribution in [0.4, 0.5) is 0 Å². The molecule has 0 fully saturated rings. The van der Waals surface area contributed by atoms with Crippen LogP contribution in [-0.2, 0) is 11.2 Å². The number of benzene rings is 1. The standard InChI is InChI=1S/C16H14O5/c1-10-2-4-11(5-3-10)8-12-6-7-21-15(12)13(17)9-14(18)16(19)20/h2-7,9,18H,8H2,1H3,(H,19,20). The molecule has 0 bridgehead atoms. The molecule has 0 aliphatic heterocycles. The van der Waals surface area contributed by atoms with Crippen molar-refractivity contribution in [2.45, 2.75) is 13.3 Å². The number of carboxylic acid groups (broad SMARTS) is 1. The Morgan fingerprint density at radius 1 is 1.14 bits per heavy atom. The number of carbonyl (C=O) groups is 2. The number of aryl methyl sites for hydroxylation is 1. The van der Waals surface area contributed by atoms with Crippen molar-refractivity contribution in [3.63, 3.8) is 0 Å². The fourth-order valence-electron chi connectivity index (χ4n) is 1.87. The van der Waals surface area contributed by atoms with Crippen molar-refractivity contribution in [2.75, 3.05) is 0 Å². The summed E-state index contributed by atoms with van der Waals surface area (Å²) in [7, 11) is 0. The van der Waals surface area contributed by atoms with E-state index < -0.39 is 17.5 Å². The molecule has 0 radical (unpaired) electrons. The minimum absolute atomic E-state index is 0.0309. The van der Waals surface area contributed by atoms with Gasteiger partial charge in [-0.25, -0.2) is 4.79 Å². The predicted molar refractivity (Wildman–Crippen MR) is 75.4 cm³/mol. The van der Waals surface area contributed by atoms with Gasteiger partial charge in [0.2, 0.25) is 11.5 Å². The molecule has 1 heterocycles. The van der Waals surface area contributed by atoms with Gasteiger partial charge in [0.1, 0.15) is 0 Å². The van der Waals surface area contributed by atoms with Crippen LogP contribution < -0.4 is 0 Å². The van der Waals surface area contributed by atoms with Gasteiger partial charge < -0.3 is 14.6 Å². The zero-order chi connectivity index (χ0) is 15.4. The smallest absolute Gasteiger partial charge is 0.371 e. The zero-order valence-corrected chi connectivity index (χ0v) is 11.4. The number of ketones is 1. The van der Waals surface area contributed by atoms with Gasteiger partial charge in [-0.05, 0) is 18.6 Å². The maximum atomic E-state index is 11.9. The van der Waals surface area contributed by atoms with E-state index in [-0.39, 0.29) is 5.76 Å². The van der Waals surface area contributed by atoms with Crippen LogP contribution in [0.2, 0.25) is 0 Å². The third-order valence-electron chi connectivity index (χ3n) is 2.97. The molecule has 0 spiro atoms. The quantitative estimate of drug-likeness (QED) is 0.501. The summed E-state index contributed by atoms with van der Waals surface area (Å²) in [5, 5.41) is 17.7. The van der Waals surface area contributed by atoms with Crippen LogP contribution in [0, 0.1) is 6.92 Å². The largest absolute Gasteiger partial charge is 0.502 e. The number of carbonyl (C=O) groups excluding carboxylic acids is 1. The lowest BCUT2D eigenvalue weighted by atomic mass is 10.0. The van der Waals surface area contributed by atoms with E-state index in [2.05, 4.69) is 0 Å². The first-order valence-electron chi connectivity index (χ1n) is 6.27. The van der Waals surface area contributed by atoms with Gasteiger partial charge >= 0.3 is 5.97 Å². The fourth-order valence-corrected chi connectivity index (χ4v) is 1.87. The molecule has 0 unspecified atom stereocenters. The molecule has 1 aromatic carbocycles. The highest BCUT2D eigenvalue weighted by molar-refractivity contribution is 6.06. The van der Waals surface area contributed by atoms with E-state index in [1.807, 2.05) is 31.2 Å². The predicted octanol–water partition coefficient (Wildman–Crippen LogP) is 2.89. The van der Waals surface area contributed by atoms with Crippen LogP contribution >= 0.6 is 0 Å². The Balaban J connectivity index is 2.22. The van der Waals surface area contributed by atoms with Crippen molar-refractivity contribution in [1.29, 1.82) is 0 Å². The number of hydrogen-bond donors (Lipinski definition) is 2. The molecule has 5 heteroatoms. The number of aliphatic hydroxyl groups excluding tert-OH is 1. The second kappa shape index (κ2) is 6.09. The first-order chi connectivity index (χ1) is 9.97. The Hall–Kier alpha value is -2.82. The van der Waals surface area contributed by atoms with Crippen LogP contribution in [0.15, 0.2) is 52.8 Å². The van der Waals surface area contributed by atoms with E-state index in [0.717, 1.165) is 11.1 Å². The molecule has 5 nitrogen and oxygen atoms in total. The van der Waals surface area contributed by atoms with Crippen LogP contribution in [0.5, 0.6) is 0 Å². The first kappa shape index (κ1) is 14.6. The monoisotopic (exact) mass is 286 g/mol. The molecule has 2 aromatic rings. The van der Waals surface area contributed by atoms with E-state index in [1.165, 1.54) is 6.26 Å². The maximum Gasteiger partial charge on any atom is 0.371 e. The van der Waals surface area contributed by atoms with Crippen molar-refractivity contribution in [3.8, 4) is 0 Å². The second-order valence-corrected chi connectivity index (χ2v) is 4.64. The zero-order valence-electron chi connectivity index (χ0n) is 11.4. The Kier molecular flexibility index (Phi) is 4.23. The summed E-state index contributed by atoms with van der Waals surface area (Å²) < 4.78 is 5.10. The lowest BCUT2D eigenvalue weighted by Crippen LogP contribution is -2.05. The summed E-state index contributed by atoms with van der Waals surface area (Å²) in [5.74, 6) is -3.22. The third kappa shape index (κ3) is 3.60. The SMILES string of the molecule is Cc1ccc(Cc2ccoc2C(=O)C=C(O)C(=O)O)cc1. The summed E-state index contributed by atoms with van der Waals surface area (Å²) >= 11 is 0. The van der Waals surface area contributed by atoms with E-state index in [4.69, 9.17) is 14.6 Å². The van der Waals surface area contributed by atoms with Gasteiger partial charge in [0.15, 0.2) is 5.76 Å². The third-order valence-corrected chi connectivity index (χ3v) is 2.97. The van der Waals surface area contributed by atoms with Crippen LogP contribution in [0.1, 0.15) is 27.2 Å². The maximum absolute atomic E-state index is 11.9. The highest BCUT2D eigenvalue weighted by Gasteiger charge is 2.16. The molecule has 1 aromatic heterocycles. The number of aliphatic hydroxyl groups is 1. The van der Waals surface area contributed by atoms with Crippen molar-refractivity contribution < 1.29 is 24.2 Å². The van der Waals surface area contributed by atoms with E-state index >= 15 is 0 Å². The van der Waals surface area contributed by atoms with Crippen molar-refractivity contribution in [1.82, 2.24) is 0 Å². The molecule has 0 saturated heterocycles. The van der Waals surface area contributed by atoms with Crippen LogP contribution in [0.25, 0.3) is 0 Å². The highest BCUT2D eigenvalue weighted by atomic mass is 16.4. The van der Waals surface area contributed by atoms with Gasteiger partial charge in [0.05, 0.1) is 6.26 Å². The fraction of sp³-hybridized carbons (Fsp3) is 0.125. The number of allylic oxidation sites excluding steroid dienone is 1. The molecule has 0 saturated carbocycles. The summed E-state index contributed by atoms with van der Waals surface area (Å²) in [5.41, 5.74) is 2.78. The lowest BCUT2D eigenvalue weighted by Gasteiger charge is -2.02. The molecule has 0 aliphatic carbocycles. The summed E-state index contributed by atoms with van der Waals surface area (Å²) in [6.07, 6.45) is 2.49. The number of rotatable bonds is 5. The summed E-state index contributed by atoms with van der Waals surface area (Å²) in [6.45, 7) is 1.98. The van der Waals surface area contributed by atoms with Crippen molar-refractivity contribution >= 4 is 11.8 Å². The van der Waals surface area contributed by atoms with Gasteiger partial charge in [-0.2, -0.15) is 0 Å². The first-order valence-corrected chi connectivity index (χ1v) is 6.27. The van der Waals surface area contributed by atoms with Gasteiger partial charge in [0.25, 0.3) is 0 Å². The molecule has 0 atom stereocenters. The Bertz CT molecular complexity index is 692. The van der Waals surface area contributed by atoms with Gasteiger partial charge in [-0.15, -0.1) is 0 Å². The Labute approximate surface area is 121 Å². The summed E-state index contributed by atoms with van der Waals surface area (Å²) in [6, 6.07) is 9.47. The highest BCUT2D eigenvalue weighted by Crippen LogP contribution is 2.17. The Morgan fingerprint density at radius 2 is 1.81 bits per heavy atom. The van der Waals surface area contributed by atoms with Crippen molar-refractivity contribution in [3.05, 3.63) is 70.9 Å². The molecule has 0 amide bonds. The van der Waals surface area contributed by atoms with Gasteiger partial charge in [0, 0.05) is 18.1 Å². The minimum Gasteiger partial charge on any atom is -0.502 e. The number of aliphatic carboxylic acids is 1. The van der Waals surface area contributed by atoms with Crippen LogP contribution in [-0.4, -0.2) is 22.0 Å². The number of hydrogen-bond acceptors (Lipinski definition) is 4. The summed E-state index contributed by atoms with van der Waals surface area (Å²) in [4.78, 5) is 22.4. The average Bonchev–Trinajstić information content (AvgIpc) is 2.89. The van der Waals surface area contributed by atoms with Gasteiger partial charge in [-0.3, -0.25) is 4.79 Å². The van der Waals surface area contributed by atoms with Gasteiger partial charge in [-0.1, -0.05) is 29.8 Å².